The fraction of sp³-hybridized carbons (Fsp3) is 0.441. The molecule has 0 heterocycles. The van der Waals surface area contributed by atoms with Crippen LogP contribution >= 0.6 is 0 Å². The van der Waals surface area contributed by atoms with E-state index in [1.807, 2.05) is 13.8 Å². The lowest BCUT2D eigenvalue weighted by Crippen LogP contribution is -2.42. The molecule has 40 heavy (non-hydrogen) atoms. The van der Waals surface area contributed by atoms with E-state index < -0.39 is 21.3 Å². The van der Waals surface area contributed by atoms with Gasteiger partial charge < -0.3 is 4.55 Å². The second-order valence-corrected chi connectivity index (χ2v) is 15.2. The van der Waals surface area contributed by atoms with E-state index in [2.05, 4.69) is 91.9 Å². The number of hydrogen-bond acceptors (Lipinski definition) is 4. The van der Waals surface area contributed by atoms with E-state index >= 15 is 0 Å². The summed E-state index contributed by atoms with van der Waals surface area (Å²) in [5.74, 6) is -0.280. The fourth-order valence-corrected chi connectivity index (χ4v) is 9.84. The Hall–Kier alpha value is -2.41. The Kier molecular flexibility index (Phi) is 9.97. The van der Waals surface area contributed by atoms with Crippen molar-refractivity contribution >= 4 is 26.8 Å². The number of benzene rings is 3. The highest BCUT2D eigenvalue weighted by Gasteiger charge is 2.64. The number of fused-ring (bicyclic) bond motifs is 2. The minimum absolute atomic E-state index is 0.0248. The Morgan fingerprint density at radius 2 is 1.38 bits per heavy atom. The molecule has 3 aromatic rings. The predicted octanol–water partition coefficient (Wildman–Crippen LogP) is 7.83. The number of unbranched alkanes of at least 4 members (excludes halogenated alkanes) is 3. The SMILES string of the molecule is CC1(C)C2CCC1(CS(=O)(=O)[O-])C(=O)C2.CCCCCCc1ccc([S+](c2ccccc2)c2ccccc2)cc1. The van der Waals surface area contributed by atoms with Gasteiger partial charge in [-0.15, -0.1) is 0 Å². The van der Waals surface area contributed by atoms with Crippen LogP contribution in [0.1, 0.15) is 71.3 Å². The topological polar surface area (TPSA) is 74.3 Å². The highest BCUT2D eigenvalue weighted by atomic mass is 32.2. The van der Waals surface area contributed by atoms with Crippen LogP contribution in [0.15, 0.2) is 99.6 Å². The van der Waals surface area contributed by atoms with Gasteiger partial charge in [-0.1, -0.05) is 88.6 Å². The van der Waals surface area contributed by atoms with E-state index in [9.17, 15) is 17.8 Å². The Bertz CT molecular complexity index is 1310. The number of rotatable bonds is 10. The van der Waals surface area contributed by atoms with Gasteiger partial charge in [0.05, 0.1) is 26.8 Å². The molecule has 2 bridgehead atoms. The van der Waals surface area contributed by atoms with Gasteiger partial charge in [-0.2, -0.15) is 0 Å². The molecular weight excluding hydrogens is 537 g/mol. The second-order valence-electron chi connectivity index (χ2n) is 11.8. The number of carbonyl (C=O) groups excluding carboxylic acids is 1. The second kappa shape index (κ2) is 13.1. The summed E-state index contributed by atoms with van der Waals surface area (Å²) in [5, 5.41) is 0. The van der Waals surface area contributed by atoms with Crippen molar-refractivity contribution in [2.24, 2.45) is 16.7 Å². The van der Waals surface area contributed by atoms with Crippen molar-refractivity contribution in [2.75, 3.05) is 5.75 Å². The smallest absolute Gasteiger partial charge is 0.166 e. The van der Waals surface area contributed by atoms with Crippen LogP contribution in [0.5, 0.6) is 0 Å². The number of aryl methyl sites for hydroxylation is 1. The van der Waals surface area contributed by atoms with Gasteiger partial charge in [-0.05, 0) is 79.0 Å². The van der Waals surface area contributed by atoms with E-state index in [0.717, 1.165) is 6.42 Å². The maximum atomic E-state index is 11.8. The third-order valence-electron chi connectivity index (χ3n) is 9.00. The largest absolute Gasteiger partial charge is 0.748 e. The summed E-state index contributed by atoms with van der Waals surface area (Å²) < 4.78 is 32.7. The molecule has 4 nitrogen and oxygen atoms in total. The Balaban J connectivity index is 0.000000210. The van der Waals surface area contributed by atoms with Gasteiger partial charge in [0.25, 0.3) is 0 Å². The average molecular weight is 579 g/mol. The van der Waals surface area contributed by atoms with E-state index in [-0.39, 0.29) is 28.0 Å². The summed E-state index contributed by atoms with van der Waals surface area (Å²) in [6.45, 7) is 6.10. The quantitative estimate of drug-likeness (QED) is 0.140. The molecule has 3 aromatic carbocycles. The number of ketones is 1. The first-order valence-corrected chi connectivity index (χ1v) is 17.3. The molecule has 0 aromatic heterocycles. The van der Waals surface area contributed by atoms with Gasteiger partial charge in [0.15, 0.2) is 14.7 Å². The molecule has 5 rings (SSSR count). The van der Waals surface area contributed by atoms with Gasteiger partial charge in [0, 0.05) is 11.8 Å². The van der Waals surface area contributed by atoms with Crippen LogP contribution in [0.2, 0.25) is 0 Å². The molecule has 2 aliphatic carbocycles. The predicted molar refractivity (Wildman–Crippen MR) is 162 cm³/mol. The van der Waals surface area contributed by atoms with Crippen molar-refractivity contribution in [3.63, 3.8) is 0 Å². The summed E-state index contributed by atoms with van der Waals surface area (Å²) in [7, 11) is -4.36. The lowest BCUT2D eigenvalue weighted by molar-refractivity contribution is -0.128. The molecule has 0 amide bonds. The minimum atomic E-state index is -4.33. The molecule has 0 saturated heterocycles. The number of Topliss-reactive ketones (excluding diaryl/α,β-unsaturated/α-hetero) is 1. The first-order chi connectivity index (χ1) is 19.1. The van der Waals surface area contributed by atoms with E-state index in [4.69, 9.17) is 0 Å². The zero-order valence-corrected chi connectivity index (χ0v) is 25.6. The first-order valence-electron chi connectivity index (χ1n) is 14.5. The first kappa shape index (κ1) is 30.5. The molecule has 2 fully saturated rings. The van der Waals surface area contributed by atoms with Crippen molar-refractivity contribution in [1.82, 2.24) is 0 Å². The van der Waals surface area contributed by atoms with Crippen molar-refractivity contribution < 1.29 is 17.8 Å². The van der Waals surface area contributed by atoms with Crippen LogP contribution in [-0.2, 0) is 32.2 Å². The third-order valence-corrected chi connectivity index (χ3v) is 12.1. The van der Waals surface area contributed by atoms with Gasteiger partial charge in [-0.3, -0.25) is 4.79 Å². The molecule has 2 unspecified atom stereocenters. The van der Waals surface area contributed by atoms with Crippen molar-refractivity contribution in [1.29, 1.82) is 0 Å². The Morgan fingerprint density at radius 1 is 0.825 bits per heavy atom. The van der Waals surface area contributed by atoms with Crippen LogP contribution in [0.3, 0.4) is 0 Å². The Morgan fingerprint density at radius 3 is 1.82 bits per heavy atom. The molecular formula is C34H42O4S2. The van der Waals surface area contributed by atoms with Crippen molar-refractivity contribution in [2.45, 2.75) is 86.8 Å². The standard InChI is InChI=1S/C24H27S.C10H16O4S/c1-2-3-4-7-12-21-17-19-24(20-18-21)25(22-13-8-5-9-14-22)23-15-10-6-11-16-23;1-9(2)7-3-4-10(9,8(11)5-7)6-15(12,13)14/h5-6,8-11,13-20H,2-4,7,12H2,1H3;7H,3-6H2,1-2H3,(H,12,13,14)/q+1;/p-1. The molecule has 0 radical (unpaired) electrons. The summed E-state index contributed by atoms with van der Waals surface area (Å²) >= 11 is 0. The van der Waals surface area contributed by atoms with Crippen LogP contribution in [0.4, 0.5) is 0 Å². The summed E-state index contributed by atoms with van der Waals surface area (Å²) in [4.78, 5) is 16.0. The minimum Gasteiger partial charge on any atom is -0.748 e. The van der Waals surface area contributed by atoms with Crippen molar-refractivity contribution in [3.05, 3.63) is 90.5 Å². The maximum Gasteiger partial charge on any atom is 0.166 e. The highest BCUT2D eigenvalue weighted by molar-refractivity contribution is 7.97. The molecule has 214 valence electrons. The maximum absolute atomic E-state index is 11.8. The van der Waals surface area contributed by atoms with E-state index in [1.165, 1.54) is 52.4 Å². The van der Waals surface area contributed by atoms with Crippen LogP contribution in [0, 0.1) is 16.7 Å². The van der Waals surface area contributed by atoms with Crippen molar-refractivity contribution in [3.8, 4) is 0 Å². The van der Waals surface area contributed by atoms with Crippen LogP contribution < -0.4 is 0 Å². The molecule has 2 atom stereocenters. The van der Waals surface area contributed by atoms with Gasteiger partial charge >= 0.3 is 0 Å². The lowest BCUT2D eigenvalue weighted by atomic mass is 9.70. The summed E-state index contributed by atoms with van der Waals surface area (Å²) in [5.41, 5.74) is 0.240. The molecule has 0 spiro atoms. The number of carbonyl (C=O) groups is 1. The zero-order chi connectivity index (χ0) is 28.8. The summed E-state index contributed by atoms with van der Waals surface area (Å²) in [6.07, 6.45) is 8.37. The van der Waals surface area contributed by atoms with Gasteiger partial charge in [-0.25, -0.2) is 8.42 Å². The van der Waals surface area contributed by atoms with E-state index in [1.54, 1.807) is 0 Å². The molecule has 0 aliphatic heterocycles. The monoisotopic (exact) mass is 578 g/mol. The van der Waals surface area contributed by atoms with Crippen LogP contribution in [0.25, 0.3) is 0 Å². The normalized spacial score (nSPS) is 21.3. The Labute approximate surface area is 243 Å². The molecule has 2 aliphatic rings. The molecule has 2 saturated carbocycles. The summed E-state index contributed by atoms with van der Waals surface area (Å²) in [6, 6.07) is 31.0. The fourth-order valence-electron chi connectivity index (χ4n) is 6.48. The van der Waals surface area contributed by atoms with Gasteiger partial charge in [0.2, 0.25) is 0 Å². The molecule has 0 N–H and O–H groups in total. The zero-order valence-electron chi connectivity index (χ0n) is 24.0. The van der Waals surface area contributed by atoms with Crippen LogP contribution in [-0.4, -0.2) is 24.5 Å². The van der Waals surface area contributed by atoms with Gasteiger partial charge in [0.1, 0.15) is 5.78 Å². The highest BCUT2D eigenvalue weighted by Crippen LogP contribution is 2.64. The average Bonchev–Trinajstić information content (AvgIpc) is 3.27. The third kappa shape index (κ3) is 6.89. The van der Waals surface area contributed by atoms with E-state index in [0.29, 0.717) is 12.8 Å². The number of hydrogen-bond donors (Lipinski definition) is 0. The molecule has 6 heteroatoms. The lowest BCUT2D eigenvalue weighted by Gasteiger charge is -2.37.